The van der Waals surface area contributed by atoms with Crippen LogP contribution in [0.3, 0.4) is 0 Å². The minimum Gasteiger partial charge on any atom is -0.285 e. The predicted molar refractivity (Wildman–Crippen MR) is 49.3 cm³/mol. The Bertz CT molecular complexity index is 468. The van der Waals surface area contributed by atoms with Gasteiger partial charge in [-0.3, -0.25) is 9.39 Å². The topological polar surface area (TPSA) is 107 Å². The Labute approximate surface area is 85.1 Å². The molecular weight excluding hydrogens is 226 g/mol. The third-order valence-electron chi connectivity index (χ3n) is 1.43. The summed E-state index contributed by atoms with van der Waals surface area (Å²) in [5.74, 6) is -0.705. The van der Waals surface area contributed by atoms with E-state index in [9.17, 15) is 18.5 Å². The highest BCUT2D eigenvalue weighted by Crippen LogP contribution is 2.14. The zero-order valence-electron chi connectivity index (χ0n) is 7.36. The van der Waals surface area contributed by atoms with E-state index in [1.54, 1.807) is 0 Å². The molecule has 15 heavy (non-hydrogen) atoms. The van der Waals surface area contributed by atoms with Gasteiger partial charge in [-0.05, 0) is 17.7 Å². The third-order valence-corrected chi connectivity index (χ3v) is 2.13. The van der Waals surface area contributed by atoms with Gasteiger partial charge in [0.05, 0.1) is 0 Å². The predicted octanol–water partition coefficient (Wildman–Crippen LogP) is 0.645. The summed E-state index contributed by atoms with van der Waals surface area (Å²) in [4.78, 5) is 14.1. The molecule has 0 aliphatic carbocycles. The van der Waals surface area contributed by atoms with Crippen molar-refractivity contribution < 1.29 is 22.9 Å². The zero-order valence-corrected chi connectivity index (χ0v) is 8.18. The lowest BCUT2D eigenvalue weighted by molar-refractivity contribution is -0.711. The van der Waals surface area contributed by atoms with Crippen LogP contribution in [0.15, 0.2) is 24.3 Å². The molecule has 1 aromatic carbocycles. The van der Waals surface area contributed by atoms with Gasteiger partial charge in [0.15, 0.2) is 0 Å². The van der Waals surface area contributed by atoms with Gasteiger partial charge >= 0.3 is 0 Å². The lowest BCUT2D eigenvalue weighted by atomic mass is 10.2. The lowest BCUT2D eigenvalue weighted by Crippen LogP contribution is -2.05. The van der Waals surface area contributed by atoms with Gasteiger partial charge in [0.25, 0.3) is 15.2 Å². The highest BCUT2D eigenvalue weighted by molar-refractivity contribution is 7.85. The summed E-state index contributed by atoms with van der Waals surface area (Å²) >= 11 is 0. The average molecular weight is 233 g/mol. The van der Waals surface area contributed by atoms with E-state index >= 15 is 0 Å². The number of hydrogen-bond acceptors (Lipinski definition) is 5. The molecule has 0 aliphatic rings. The first kappa shape index (κ1) is 11.4. The normalized spacial score (nSPS) is 11.0. The first-order chi connectivity index (χ1) is 6.87. The molecule has 1 rings (SSSR count). The molecule has 0 fully saturated rings. The Morgan fingerprint density at radius 3 is 2.67 bits per heavy atom. The van der Waals surface area contributed by atoms with E-state index in [1.165, 1.54) is 18.2 Å². The van der Waals surface area contributed by atoms with Crippen LogP contribution in [0.1, 0.15) is 5.56 Å². The van der Waals surface area contributed by atoms with Crippen molar-refractivity contribution in [3.8, 4) is 5.75 Å². The Balaban J connectivity index is 2.88. The van der Waals surface area contributed by atoms with Crippen molar-refractivity contribution in [2.75, 3.05) is 0 Å². The first-order valence-electron chi connectivity index (χ1n) is 3.73. The average Bonchev–Trinajstić information content (AvgIpc) is 1.99. The molecule has 0 saturated carbocycles. The van der Waals surface area contributed by atoms with Gasteiger partial charge in [-0.25, -0.2) is 0 Å². The molecule has 0 atom stereocenters. The van der Waals surface area contributed by atoms with Crippen LogP contribution in [-0.2, 0) is 15.9 Å². The Kier molecular flexibility index (Phi) is 3.22. The Hall–Kier alpha value is -1.67. The fourth-order valence-corrected chi connectivity index (χ4v) is 1.59. The van der Waals surface area contributed by atoms with Gasteiger partial charge in [-0.2, -0.15) is 8.42 Å². The van der Waals surface area contributed by atoms with Gasteiger partial charge in [0.1, 0.15) is 11.5 Å². The minimum atomic E-state index is -4.15. The first-order valence-corrected chi connectivity index (χ1v) is 5.34. The van der Waals surface area contributed by atoms with E-state index in [0.29, 0.717) is 0 Å². The molecule has 0 saturated heterocycles. The van der Waals surface area contributed by atoms with Crippen LogP contribution < -0.4 is 4.84 Å². The summed E-state index contributed by atoms with van der Waals surface area (Å²) in [6.07, 6.45) is 0. The monoisotopic (exact) mass is 233 g/mol. The van der Waals surface area contributed by atoms with E-state index < -0.39 is 21.0 Å². The summed E-state index contributed by atoms with van der Waals surface area (Å²) in [6.45, 7) is 0. The standard InChI is InChI=1S/C7H7NO6S/c9-8(10)14-7-3-1-2-6(4-7)5-15(11,12)13/h1-4H,5H2,(H,11,12,13). The smallest absolute Gasteiger partial charge is 0.285 e. The second-order valence-electron chi connectivity index (χ2n) is 2.69. The van der Waals surface area contributed by atoms with Crippen molar-refractivity contribution >= 4 is 10.1 Å². The molecule has 0 spiro atoms. The van der Waals surface area contributed by atoms with Crippen molar-refractivity contribution in [1.29, 1.82) is 0 Å². The van der Waals surface area contributed by atoms with Gasteiger partial charge < -0.3 is 0 Å². The van der Waals surface area contributed by atoms with Crippen molar-refractivity contribution in [1.82, 2.24) is 0 Å². The number of nitrogens with zero attached hydrogens (tertiary/aromatic N) is 1. The summed E-state index contributed by atoms with van der Waals surface area (Å²) in [5, 5.41) is 8.97. The van der Waals surface area contributed by atoms with Gasteiger partial charge in [0, 0.05) is 0 Å². The SMILES string of the molecule is O=[N+]([O-])Oc1cccc(CS(=O)(=O)O)c1. The van der Waals surface area contributed by atoms with E-state index in [2.05, 4.69) is 4.84 Å². The molecule has 82 valence electrons. The summed E-state index contributed by atoms with van der Waals surface area (Å²) < 4.78 is 29.6. The molecular formula is C7H7NO6S. The van der Waals surface area contributed by atoms with Crippen LogP contribution in [0.5, 0.6) is 5.75 Å². The second kappa shape index (κ2) is 4.24. The molecule has 0 amide bonds. The van der Waals surface area contributed by atoms with Gasteiger partial charge in [-0.15, -0.1) is 10.1 Å². The number of hydrogen-bond donors (Lipinski definition) is 1. The van der Waals surface area contributed by atoms with E-state index in [4.69, 9.17) is 4.55 Å². The third kappa shape index (κ3) is 4.38. The molecule has 8 heteroatoms. The van der Waals surface area contributed by atoms with Crippen LogP contribution in [0.25, 0.3) is 0 Å². The molecule has 7 nitrogen and oxygen atoms in total. The maximum atomic E-state index is 10.5. The molecule has 0 unspecified atom stereocenters. The molecule has 0 bridgehead atoms. The molecule has 1 N–H and O–H groups in total. The minimum absolute atomic E-state index is 0.0962. The van der Waals surface area contributed by atoms with Gasteiger partial charge in [0.2, 0.25) is 0 Å². The van der Waals surface area contributed by atoms with Gasteiger partial charge in [-0.1, -0.05) is 12.1 Å². The molecule has 0 aromatic heterocycles. The van der Waals surface area contributed by atoms with Crippen LogP contribution >= 0.6 is 0 Å². The largest absolute Gasteiger partial charge is 0.299 e. The number of benzene rings is 1. The van der Waals surface area contributed by atoms with Crippen LogP contribution in [0, 0.1) is 10.1 Å². The van der Waals surface area contributed by atoms with E-state index in [-0.39, 0.29) is 11.3 Å². The highest BCUT2D eigenvalue weighted by Gasteiger charge is 2.08. The molecule has 1 aromatic rings. The quantitative estimate of drug-likeness (QED) is 0.464. The molecule has 0 heterocycles. The number of rotatable bonds is 4. The van der Waals surface area contributed by atoms with Crippen molar-refractivity contribution in [3.05, 3.63) is 39.9 Å². The fraction of sp³-hybridized carbons (Fsp3) is 0.143. The highest BCUT2D eigenvalue weighted by atomic mass is 32.2. The Morgan fingerprint density at radius 2 is 2.13 bits per heavy atom. The van der Waals surface area contributed by atoms with Crippen molar-refractivity contribution in [2.45, 2.75) is 5.75 Å². The summed E-state index contributed by atoms with van der Waals surface area (Å²) in [6, 6.07) is 5.26. The maximum Gasteiger partial charge on any atom is 0.299 e. The molecule has 0 radical (unpaired) electrons. The van der Waals surface area contributed by atoms with Crippen LogP contribution in [0.4, 0.5) is 0 Å². The second-order valence-corrected chi connectivity index (χ2v) is 4.14. The van der Waals surface area contributed by atoms with Crippen LogP contribution in [-0.4, -0.2) is 18.1 Å². The van der Waals surface area contributed by atoms with E-state index in [0.717, 1.165) is 6.07 Å². The molecule has 0 aliphatic heterocycles. The maximum absolute atomic E-state index is 10.5. The van der Waals surface area contributed by atoms with Crippen molar-refractivity contribution in [2.24, 2.45) is 0 Å². The summed E-state index contributed by atoms with van der Waals surface area (Å²) in [7, 11) is -4.15. The Morgan fingerprint density at radius 1 is 1.47 bits per heavy atom. The van der Waals surface area contributed by atoms with E-state index in [1.807, 2.05) is 0 Å². The summed E-state index contributed by atoms with van der Waals surface area (Å²) in [5.41, 5.74) is 0.205. The van der Waals surface area contributed by atoms with Crippen LogP contribution in [0.2, 0.25) is 0 Å². The van der Waals surface area contributed by atoms with Crippen molar-refractivity contribution in [3.63, 3.8) is 0 Å². The zero-order chi connectivity index (χ0) is 11.5. The fourth-order valence-electron chi connectivity index (χ4n) is 0.989. The lowest BCUT2D eigenvalue weighted by Gasteiger charge is -2.01.